The van der Waals surface area contributed by atoms with E-state index in [-0.39, 0.29) is 12.5 Å². The molecule has 24 heavy (non-hydrogen) atoms. The van der Waals surface area contributed by atoms with Crippen molar-refractivity contribution in [2.75, 3.05) is 20.8 Å². The molecular formula is C16H22O8. The monoisotopic (exact) mass is 342 g/mol. The first-order chi connectivity index (χ1) is 11.3. The summed E-state index contributed by atoms with van der Waals surface area (Å²) in [5.74, 6) is -2.73. The van der Waals surface area contributed by atoms with Gasteiger partial charge in [-0.1, -0.05) is 13.8 Å². The fraction of sp³-hybridized carbons (Fsp3) is 0.500. The van der Waals surface area contributed by atoms with E-state index in [9.17, 15) is 19.2 Å². The van der Waals surface area contributed by atoms with Crippen LogP contribution in [0.4, 0.5) is 0 Å². The Morgan fingerprint density at radius 3 is 1.71 bits per heavy atom. The molecule has 0 N–H and O–H groups in total. The van der Waals surface area contributed by atoms with Gasteiger partial charge >= 0.3 is 23.9 Å². The fourth-order valence-electron chi connectivity index (χ4n) is 1.51. The van der Waals surface area contributed by atoms with Crippen LogP contribution in [0.25, 0.3) is 0 Å². The molecule has 0 aromatic rings. The first-order valence-corrected chi connectivity index (χ1v) is 7.17. The second kappa shape index (κ2) is 11.9. The highest BCUT2D eigenvalue weighted by molar-refractivity contribution is 5.92. The molecule has 0 fully saturated rings. The van der Waals surface area contributed by atoms with E-state index in [4.69, 9.17) is 9.47 Å². The Hall–Kier alpha value is -2.64. The molecule has 0 saturated heterocycles. The van der Waals surface area contributed by atoms with Crippen LogP contribution < -0.4 is 0 Å². The van der Waals surface area contributed by atoms with Gasteiger partial charge in [0, 0.05) is 24.3 Å². The molecule has 0 aliphatic carbocycles. The molecule has 0 radical (unpaired) electrons. The normalized spacial score (nSPS) is 12.2. The molecule has 0 aromatic carbocycles. The van der Waals surface area contributed by atoms with E-state index < -0.39 is 30.0 Å². The zero-order valence-electron chi connectivity index (χ0n) is 14.1. The fourth-order valence-corrected chi connectivity index (χ4v) is 1.51. The summed E-state index contributed by atoms with van der Waals surface area (Å²) in [5, 5.41) is 0. The molecule has 0 heterocycles. The summed E-state index contributed by atoms with van der Waals surface area (Å²) in [5.41, 5.74) is 0. The number of rotatable bonds is 9. The first kappa shape index (κ1) is 21.4. The number of carbonyl (C=O) groups is 4. The average Bonchev–Trinajstić information content (AvgIpc) is 2.54. The number of hydrogen-bond acceptors (Lipinski definition) is 8. The quantitative estimate of drug-likeness (QED) is 0.346. The van der Waals surface area contributed by atoms with Gasteiger partial charge in [0.2, 0.25) is 0 Å². The van der Waals surface area contributed by atoms with E-state index in [0.29, 0.717) is 6.42 Å². The molecule has 8 heteroatoms. The summed E-state index contributed by atoms with van der Waals surface area (Å²) in [6.45, 7) is 3.63. The lowest BCUT2D eigenvalue weighted by molar-refractivity contribution is -0.153. The van der Waals surface area contributed by atoms with Crippen molar-refractivity contribution in [2.24, 2.45) is 5.92 Å². The second-order valence-electron chi connectivity index (χ2n) is 5.03. The van der Waals surface area contributed by atoms with Crippen LogP contribution >= 0.6 is 0 Å². The predicted molar refractivity (Wildman–Crippen MR) is 82.6 cm³/mol. The van der Waals surface area contributed by atoms with E-state index in [1.165, 1.54) is 14.2 Å². The number of hydrogen-bond donors (Lipinski definition) is 0. The zero-order chi connectivity index (χ0) is 18.5. The van der Waals surface area contributed by atoms with Gasteiger partial charge in [0.1, 0.15) is 12.7 Å². The van der Waals surface area contributed by atoms with E-state index in [1.54, 1.807) is 0 Å². The maximum Gasteiger partial charge on any atom is 0.331 e. The minimum absolute atomic E-state index is 0.177. The molecule has 0 rings (SSSR count). The number of methoxy groups -OCH3 is 2. The lowest BCUT2D eigenvalue weighted by Gasteiger charge is -2.18. The van der Waals surface area contributed by atoms with Crippen molar-refractivity contribution in [3.63, 3.8) is 0 Å². The highest BCUT2D eigenvalue weighted by Crippen LogP contribution is 2.10. The third-order valence-electron chi connectivity index (χ3n) is 2.54. The highest BCUT2D eigenvalue weighted by atomic mass is 16.6. The lowest BCUT2D eigenvalue weighted by Crippen LogP contribution is -2.26. The van der Waals surface area contributed by atoms with Crippen LogP contribution in [0.2, 0.25) is 0 Å². The molecular weight excluding hydrogens is 320 g/mol. The van der Waals surface area contributed by atoms with E-state index in [0.717, 1.165) is 24.3 Å². The van der Waals surface area contributed by atoms with Gasteiger partial charge in [0.05, 0.1) is 14.2 Å². The van der Waals surface area contributed by atoms with Gasteiger partial charge in [-0.15, -0.1) is 0 Å². The van der Waals surface area contributed by atoms with Crippen LogP contribution in [0.3, 0.4) is 0 Å². The van der Waals surface area contributed by atoms with Crippen molar-refractivity contribution in [3.8, 4) is 0 Å². The van der Waals surface area contributed by atoms with Gasteiger partial charge in [-0.3, -0.25) is 0 Å². The average molecular weight is 342 g/mol. The maximum absolute atomic E-state index is 11.6. The van der Waals surface area contributed by atoms with Gasteiger partial charge in [0.15, 0.2) is 0 Å². The lowest BCUT2D eigenvalue weighted by atomic mass is 10.1. The van der Waals surface area contributed by atoms with Gasteiger partial charge in [-0.2, -0.15) is 0 Å². The topological polar surface area (TPSA) is 105 Å². The van der Waals surface area contributed by atoms with Gasteiger partial charge in [-0.05, 0) is 12.3 Å². The molecule has 0 aromatic heterocycles. The van der Waals surface area contributed by atoms with E-state index in [2.05, 4.69) is 9.47 Å². The SMILES string of the molecule is COC(=O)/C=C/C(=O)OCC(CC(C)C)OC(=O)/C=C/C(=O)OC. The third-order valence-corrected chi connectivity index (χ3v) is 2.54. The van der Waals surface area contributed by atoms with Crippen LogP contribution in [0.5, 0.6) is 0 Å². The standard InChI is InChI=1S/C16H22O8/c1-11(2)9-12(24-16(20)8-6-14(18)22-4)10-23-15(19)7-5-13(17)21-3/h5-8,11-12H,9-10H2,1-4H3/b7-5+,8-6+. The minimum Gasteiger partial charge on any atom is -0.466 e. The van der Waals surface area contributed by atoms with Crippen molar-refractivity contribution in [2.45, 2.75) is 26.4 Å². The van der Waals surface area contributed by atoms with Crippen molar-refractivity contribution in [3.05, 3.63) is 24.3 Å². The van der Waals surface area contributed by atoms with Crippen molar-refractivity contribution in [1.29, 1.82) is 0 Å². The molecule has 134 valence electrons. The van der Waals surface area contributed by atoms with Crippen LogP contribution in [-0.2, 0) is 38.1 Å². The summed E-state index contributed by atoms with van der Waals surface area (Å²) in [6, 6.07) is 0. The Bertz CT molecular complexity index is 504. The number of carbonyl (C=O) groups excluding carboxylic acids is 4. The van der Waals surface area contributed by atoms with Crippen LogP contribution in [0.15, 0.2) is 24.3 Å². The Morgan fingerprint density at radius 1 is 0.792 bits per heavy atom. The highest BCUT2D eigenvalue weighted by Gasteiger charge is 2.17. The van der Waals surface area contributed by atoms with Crippen molar-refractivity contribution in [1.82, 2.24) is 0 Å². The summed E-state index contributed by atoms with van der Waals surface area (Å²) < 4.78 is 18.7. The largest absolute Gasteiger partial charge is 0.466 e. The molecule has 0 aliphatic rings. The second-order valence-corrected chi connectivity index (χ2v) is 5.03. The molecule has 0 saturated carbocycles. The predicted octanol–water partition coefficient (Wildman–Crippen LogP) is 0.946. The summed E-state index contributed by atoms with van der Waals surface area (Å²) >= 11 is 0. The zero-order valence-corrected chi connectivity index (χ0v) is 14.1. The van der Waals surface area contributed by atoms with E-state index >= 15 is 0 Å². The van der Waals surface area contributed by atoms with Crippen LogP contribution in [0, 0.1) is 5.92 Å². The summed E-state index contributed by atoms with van der Waals surface area (Å²) in [7, 11) is 2.36. The van der Waals surface area contributed by atoms with Gasteiger partial charge < -0.3 is 18.9 Å². The first-order valence-electron chi connectivity index (χ1n) is 7.17. The maximum atomic E-state index is 11.6. The Morgan fingerprint density at radius 2 is 1.25 bits per heavy atom. The Labute approximate surface area is 140 Å². The molecule has 1 unspecified atom stereocenters. The summed E-state index contributed by atoms with van der Waals surface area (Å²) in [4.78, 5) is 44.9. The Balaban J connectivity index is 4.56. The molecule has 0 amide bonds. The molecule has 1 atom stereocenters. The van der Waals surface area contributed by atoms with Gasteiger partial charge in [0.25, 0.3) is 0 Å². The van der Waals surface area contributed by atoms with Gasteiger partial charge in [-0.25, -0.2) is 19.2 Å². The Kier molecular flexibility index (Phi) is 10.6. The van der Waals surface area contributed by atoms with Crippen molar-refractivity contribution < 1.29 is 38.1 Å². The van der Waals surface area contributed by atoms with Crippen LogP contribution in [-0.4, -0.2) is 50.8 Å². The minimum atomic E-state index is -0.768. The third kappa shape index (κ3) is 11.0. The van der Waals surface area contributed by atoms with Crippen LogP contribution in [0.1, 0.15) is 20.3 Å². The number of esters is 4. The number of ether oxygens (including phenoxy) is 4. The molecule has 0 aliphatic heterocycles. The van der Waals surface area contributed by atoms with E-state index in [1.807, 2.05) is 13.8 Å². The molecule has 0 spiro atoms. The molecule has 0 bridgehead atoms. The molecule has 8 nitrogen and oxygen atoms in total. The smallest absolute Gasteiger partial charge is 0.331 e. The summed E-state index contributed by atoms with van der Waals surface area (Å²) in [6.07, 6.45) is 3.46. The van der Waals surface area contributed by atoms with Crippen molar-refractivity contribution >= 4 is 23.9 Å².